The van der Waals surface area contributed by atoms with E-state index in [9.17, 15) is 17.6 Å². The lowest BCUT2D eigenvalue weighted by molar-refractivity contribution is -0.115. The van der Waals surface area contributed by atoms with Crippen LogP contribution in [0.4, 0.5) is 29.3 Å². The van der Waals surface area contributed by atoms with Gasteiger partial charge in [-0.15, -0.1) is 0 Å². The van der Waals surface area contributed by atoms with Gasteiger partial charge in [0.05, 0.1) is 25.1 Å². The molecule has 2 N–H and O–H groups in total. The molecule has 0 amide bonds. The van der Waals surface area contributed by atoms with Crippen LogP contribution in [0.2, 0.25) is 0 Å². The number of nitrogens with one attached hydrogen (secondary N) is 2. The van der Waals surface area contributed by atoms with Crippen LogP contribution >= 0.6 is 0 Å². The molecular weight excluding hydrogens is 502 g/mol. The number of aromatic nitrogens is 4. The SMILES string of the molecule is Fc1ccc(-c2cnc3nc(NCc4ccc(CN5CCOCC5)cc4)nc(NCC(F)(F)F)c3n2)cc1. The normalized spacial score (nSPS) is 14.5. The van der Waals surface area contributed by atoms with Crippen molar-refractivity contribution in [2.45, 2.75) is 19.3 Å². The molecule has 5 rings (SSSR count). The van der Waals surface area contributed by atoms with E-state index in [4.69, 9.17) is 4.74 Å². The van der Waals surface area contributed by atoms with Crippen molar-refractivity contribution in [3.8, 4) is 11.3 Å². The maximum Gasteiger partial charge on any atom is 0.405 e. The number of ether oxygens (including phenoxy) is 1. The predicted octanol–water partition coefficient (Wildman–Crippen LogP) is 4.64. The van der Waals surface area contributed by atoms with Crippen molar-refractivity contribution in [1.29, 1.82) is 0 Å². The maximum atomic E-state index is 13.3. The van der Waals surface area contributed by atoms with E-state index < -0.39 is 18.5 Å². The molecule has 1 fully saturated rings. The molecule has 0 radical (unpaired) electrons. The number of hydrogen-bond donors (Lipinski definition) is 2. The van der Waals surface area contributed by atoms with E-state index in [0.717, 1.165) is 38.4 Å². The average molecular weight is 528 g/mol. The first-order valence-electron chi connectivity index (χ1n) is 12.1. The lowest BCUT2D eigenvalue weighted by Gasteiger charge is -2.26. The molecule has 12 heteroatoms. The van der Waals surface area contributed by atoms with Crippen LogP contribution < -0.4 is 10.6 Å². The number of benzene rings is 2. The Bertz CT molecular complexity index is 1380. The summed E-state index contributed by atoms with van der Waals surface area (Å²) < 4.78 is 57.6. The molecule has 0 saturated carbocycles. The minimum atomic E-state index is -4.46. The summed E-state index contributed by atoms with van der Waals surface area (Å²) in [7, 11) is 0. The van der Waals surface area contributed by atoms with Crippen LogP contribution in [-0.2, 0) is 17.8 Å². The molecule has 8 nitrogen and oxygen atoms in total. The van der Waals surface area contributed by atoms with Crippen molar-refractivity contribution in [1.82, 2.24) is 24.8 Å². The fraction of sp³-hybridized carbons (Fsp3) is 0.308. The van der Waals surface area contributed by atoms with Gasteiger partial charge in [-0.2, -0.15) is 23.1 Å². The van der Waals surface area contributed by atoms with Gasteiger partial charge in [-0.05, 0) is 35.4 Å². The first kappa shape index (κ1) is 25.7. The number of nitrogens with zero attached hydrogens (tertiary/aromatic N) is 5. The molecular formula is C26H25F4N7O. The molecule has 198 valence electrons. The molecule has 1 saturated heterocycles. The summed E-state index contributed by atoms with van der Waals surface area (Å²) in [5, 5.41) is 5.37. The Morgan fingerprint density at radius 2 is 1.58 bits per heavy atom. The lowest BCUT2D eigenvalue weighted by atomic mass is 10.1. The summed E-state index contributed by atoms with van der Waals surface area (Å²) in [5.41, 5.74) is 3.26. The van der Waals surface area contributed by atoms with E-state index in [2.05, 4.69) is 35.5 Å². The van der Waals surface area contributed by atoms with Crippen molar-refractivity contribution in [3.63, 3.8) is 0 Å². The zero-order chi connectivity index (χ0) is 26.5. The van der Waals surface area contributed by atoms with Crippen LogP contribution in [0.1, 0.15) is 11.1 Å². The summed E-state index contributed by atoms with van der Waals surface area (Å²) in [6.45, 7) is 3.20. The van der Waals surface area contributed by atoms with Crippen LogP contribution in [0.15, 0.2) is 54.7 Å². The summed E-state index contributed by atoms with van der Waals surface area (Å²) in [4.78, 5) is 19.6. The summed E-state index contributed by atoms with van der Waals surface area (Å²) in [6.07, 6.45) is -3.02. The molecule has 38 heavy (non-hydrogen) atoms. The predicted molar refractivity (Wildman–Crippen MR) is 135 cm³/mol. The first-order valence-corrected chi connectivity index (χ1v) is 12.1. The monoisotopic (exact) mass is 527 g/mol. The van der Waals surface area contributed by atoms with Crippen LogP contribution in [0, 0.1) is 5.82 Å². The van der Waals surface area contributed by atoms with Gasteiger partial charge in [0, 0.05) is 31.7 Å². The fourth-order valence-corrected chi connectivity index (χ4v) is 4.01. The standard InChI is InChI=1S/C26H25F4N7O/c27-20-7-5-19(6-8-20)21-14-31-23-22(34-21)24(33-16-26(28,29)30)36-25(35-23)32-13-17-1-3-18(4-2-17)15-37-9-11-38-12-10-37/h1-8,14H,9-13,15-16H2,(H2,31,32,33,35,36). The molecule has 0 unspecified atom stereocenters. The maximum absolute atomic E-state index is 13.3. The Morgan fingerprint density at radius 1 is 0.868 bits per heavy atom. The summed E-state index contributed by atoms with van der Waals surface area (Å²) in [5.74, 6) is -0.406. The number of morpholine rings is 1. The van der Waals surface area contributed by atoms with Crippen LogP contribution in [0.5, 0.6) is 0 Å². The van der Waals surface area contributed by atoms with E-state index >= 15 is 0 Å². The summed E-state index contributed by atoms with van der Waals surface area (Å²) in [6, 6.07) is 13.6. The van der Waals surface area contributed by atoms with Gasteiger partial charge in [-0.3, -0.25) is 4.90 Å². The second kappa shape index (κ2) is 11.2. The molecule has 0 aliphatic carbocycles. The van der Waals surface area contributed by atoms with Crippen molar-refractivity contribution >= 4 is 22.9 Å². The van der Waals surface area contributed by atoms with E-state index in [0.29, 0.717) is 17.8 Å². The number of alkyl halides is 3. The van der Waals surface area contributed by atoms with Gasteiger partial charge in [-0.1, -0.05) is 24.3 Å². The van der Waals surface area contributed by atoms with E-state index in [1.54, 1.807) is 0 Å². The van der Waals surface area contributed by atoms with Gasteiger partial charge in [0.2, 0.25) is 5.95 Å². The molecule has 1 aliphatic rings. The quantitative estimate of drug-likeness (QED) is 0.321. The Morgan fingerprint density at radius 3 is 2.29 bits per heavy atom. The number of anilines is 2. The third-order valence-corrected chi connectivity index (χ3v) is 5.99. The van der Waals surface area contributed by atoms with Crippen molar-refractivity contribution in [2.24, 2.45) is 0 Å². The zero-order valence-electron chi connectivity index (χ0n) is 20.3. The van der Waals surface area contributed by atoms with Gasteiger partial charge in [0.1, 0.15) is 12.4 Å². The van der Waals surface area contributed by atoms with Crippen molar-refractivity contribution in [2.75, 3.05) is 43.5 Å². The average Bonchev–Trinajstić information content (AvgIpc) is 2.92. The molecule has 3 heterocycles. The second-order valence-electron chi connectivity index (χ2n) is 8.86. The van der Waals surface area contributed by atoms with Gasteiger partial charge in [0.15, 0.2) is 17.0 Å². The zero-order valence-corrected chi connectivity index (χ0v) is 20.3. The molecule has 2 aromatic carbocycles. The summed E-state index contributed by atoms with van der Waals surface area (Å²) >= 11 is 0. The van der Waals surface area contributed by atoms with Crippen molar-refractivity contribution < 1.29 is 22.3 Å². The number of hydrogen-bond acceptors (Lipinski definition) is 8. The highest BCUT2D eigenvalue weighted by molar-refractivity contribution is 5.85. The lowest BCUT2D eigenvalue weighted by Crippen LogP contribution is -2.35. The second-order valence-corrected chi connectivity index (χ2v) is 8.86. The Labute approximate surface area is 216 Å². The van der Waals surface area contributed by atoms with Crippen LogP contribution in [0.25, 0.3) is 22.4 Å². The van der Waals surface area contributed by atoms with Gasteiger partial charge in [-0.25, -0.2) is 14.4 Å². The Kier molecular flexibility index (Phi) is 7.61. The van der Waals surface area contributed by atoms with Crippen molar-refractivity contribution in [3.05, 3.63) is 71.7 Å². The van der Waals surface area contributed by atoms with Gasteiger partial charge >= 0.3 is 6.18 Å². The highest BCUT2D eigenvalue weighted by Crippen LogP contribution is 2.25. The first-order chi connectivity index (χ1) is 18.3. The molecule has 0 bridgehead atoms. The number of fused-ring (bicyclic) bond motifs is 1. The number of halogens is 4. The van der Waals surface area contributed by atoms with E-state index in [1.165, 1.54) is 36.0 Å². The number of rotatable bonds is 8. The Balaban J connectivity index is 1.34. The molecule has 4 aromatic rings. The van der Waals surface area contributed by atoms with E-state index in [1.807, 2.05) is 24.3 Å². The van der Waals surface area contributed by atoms with E-state index in [-0.39, 0.29) is 22.9 Å². The largest absolute Gasteiger partial charge is 0.405 e. The molecule has 1 aliphatic heterocycles. The van der Waals surface area contributed by atoms with Gasteiger partial charge in [0.25, 0.3) is 0 Å². The smallest absolute Gasteiger partial charge is 0.379 e. The topological polar surface area (TPSA) is 88.1 Å². The Hall–Kier alpha value is -3.90. The van der Waals surface area contributed by atoms with Crippen LogP contribution in [-0.4, -0.2) is 63.9 Å². The third-order valence-electron chi connectivity index (χ3n) is 5.99. The molecule has 2 aromatic heterocycles. The molecule has 0 spiro atoms. The van der Waals surface area contributed by atoms with Crippen LogP contribution in [0.3, 0.4) is 0 Å². The van der Waals surface area contributed by atoms with Gasteiger partial charge < -0.3 is 15.4 Å². The molecule has 0 atom stereocenters. The minimum absolute atomic E-state index is 0.0779. The third kappa shape index (κ3) is 6.69. The fourth-order valence-electron chi connectivity index (χ4n) is 4.01. The minimum Gasteiger partial charge on any atom is -0.379 e. The highest BCUT2D eigenvalue weighted by Gasteiger charge is 2.27. The highest BCUT2D eigenvalue weighted by atomic mass is 19.4.